The summed E-state index contributed by atoms with van der Waals surface area (Å²) in [4.78, 5) is 2.62. The van der Waals surface area contributed by atoms with E-state index in [1.165, 1.54) is 9.75 Å². The number of nitrogens with one attached hydrogen (secondary N) is 1. The lowest BCUT2D eigenvalue weighted by Gasteiger charge is -2.16. The predicted octanol–water partition coefficient (Wildman–Crippen LogP) is 2.45. The fourth-order valence-corrected chi connectivity index (χ4v) is 2.36. The van der Waals surface area contributed by atoms with Crippen LogP contribution in [0.4, 0.5) is 0 Å². The Hall–Kier alpha value is -0.380. The quantitative estimate of drug-likeness (QED) is 0.746. The Kier molecular flexibility index (Phi) is 2.18. The summed E-state index contributed by atoms with van der Waals surface area (Å²) in [6.07, 6.45) is 0.105. The molecule has 0 amide bonds. The minimum Gasteiger partial charge on any atom is -0.356 e. The van der Waals surface area contributed by atoms with Crippen LogP contribution in [0.2, 0.25) is 0 Å². The summed E-state index contributed by atoms with van der Waals surface area (Å²) in [5.74, 6) is 0. The van der Waals surface area contributed by atoms with Gasteiger partial charge in [0, 0.05) is 15.3 Å². The summed E-state index contributed by atoms with van der Waals surface area (Å²) in [5, 5.41) is 3.45. The first-order valence-electron chi connectivity index (χ1n) is 4.52. The number of hydrogen-bond donors (Lipinski definition) is 1. The van der Waals surface area contributed by atoms with Crippen molar-refractivity contribution < 1.29 is 4.74 Å². The van der Waals surface area contributed by atoms with Crippen molar-refractivity contribution in [3.63, 3.8) is 0 Å². The van der Waals surface area contributed by atoms with E-state index in [4.69, 9.17) is 4.74 Å². The first-order chi connectivity index (χ1) is 6.07. The van der Waals surface area contributed by atoms with E-state index in [-0.39, 0.29) is 11.8 Å². The summed E-state index contributed by atoms with van der Waals surface area (Å²) in [6.45, 7) is 7.23. The van der Waals surface area contributed by atoms with Gasteiger partial charge in [-0.2, -0.15) is 0 Å². The van der Waals surface area contributed by atoms with Gasteiger partial charge in [0.25, 0.3) is 0 Å². The zero-order chi connectivity index (χ0) is 9.47. The van der Waals surface area contributed by atoms with Crippen molar-refractivity contribution in [1.29, 1.82) is 0 Å². The molecule has 1 saturated heterocycles. The molecule has 0 saturated carbocycles. The molecular weight excluding hydrogens is 182 g/mol. The van der Waals surface area contributed by atoms with Crippen molar-refractivity contribution in [2.24, 2.45) is 0 Å². The van der Waals surface area contributed by atoms with E-state index in [9.17, 15) is 0 Å². The molecule has 1 aliphatic heterocycles. The second kappa shape index (κ2) is 3.08. The molecule has 0 aliphatic carbocycles. The van der Waals surface area contributed by atoms with Gasteiger partial charge in [0.05, 0.1) is 6.61 Å². The molecule has 1 atom stereocenters. The lowest BCUT2D eigenvalue weighted by atomic mass is 10.1. The molecule has 0 spiro atoms. The SMILES string of the molecule is Cc1ccc(C2NC(C)(C)CO2)s1. The standard InChI is InChI=1S/C10H15NOS/c1-7-4-5-8(13-7)9-11-10(2,3)6-12-9/h4-5,9,11H,6H2,1-3H3. The molecule has 3 heteroatoms. The Bertz CT molecular complexity index is 306. The van der Waals surface area contributed by atoms with Gasteiger partial charge in [-0.15, -0.1) is 11.3 Å². The van der Waals surface area contributed by atoms with E-state index in [1.54, 1.807) is 11.3 Å². The van der Waals surface area contributed by atoms with Crippen LogP contribution in [0.3, 0.4) is 0 Å². The minimum absolute atomic E-state index is 0.105. The van der Waals surface area contributed by atoms with Gasteiger partial charge in [0.2, 0.25) is 0 Å². The Balaban J connectivity index is 2.12. The molecule has 1 aromatic heterocycles. The van der Waals surface area contributed by atoms with Crippen molar-refractivity contribution in [2.75, 3.05) is 6.61 Å². The maximum Gasteiger partial charge on any atom is 0.144 e. The van der Waals surface area contributed by atoms with Gasteiger partial charge < -0.3 is 4.74 Å². The largest absolute Gasteiger partial charge is 0.356 e. The third kappa shape index (κ3) is 1.93. The fourth-order valence-electron chi connectivity index (χ4n) is 1.48. The molecule has 1 fully saturated rings. The zero-order valence-electron chi connectivity index (χ0n) is 8.26. The highest BCUT2D eigenvalue weighted by atomic mass is 32.1. The number of thiophene rings is 1. The monoisotopic (exact) mass is 197 g/mol. The van der Waals surface area contributed by atoms with Crippen LogP contribution in [0, 0.1) is 6.92 Å². The molecule has 13 heavy (non-hydrogen) atoms. The Morgan fingerprint density at radius 1 is 1.54 bits per heavy atom. The highest BCUT2D eigenvalue weighted by Crippen LogP contribution is 2.30. The van der Waals surface area contributed by atoms with Gasteiger partial charge in [-0.05, 0) is 32.9 Å². The predicted molar refractivity (Wildman–Crippen MR) is 55.0 cm³/mol. The van der Waals surface area contributed by atoms with Crippen LogP contribution < -0.4 is 5.32 Å². The molecule has 1 unspecified atom stereocenters. The van der Waals surface area contributed by atoms with Crippen LogP contribution in [0.15, 0.2) is 12.1 Å². The Labute approximate surface area is 82.9 Å². The van der Waals surface area contributed by atoms with Crippen LogP contribution in [-0.4, -0.2) is 12.1 Å². The first-order valence-corrected chi connectivity index (χ1v) is 5.34. The molecular formula is C10H15NOS. The molecule has 1 aromatic rings. The fraction of sp³-hybridized carbons (Fsp3) is 0.600. The van der Waals surface area contributed by atoms with Crippen LogP contribution >= 0.6 is 11.3 Å². The first kappa shape index (κ1) is 9.19. The molecule has 0 aromatic carbocycles. The smallest absolute Gasteiger partial charge is 0.144 e. The van der Waals surface area contributed by atoms with E-state index >= 15 is 0 Å². The maximum atomic E-state index is 5.67. The lowest BCUT2D eigenvalue weighted by molar-refractivity contribution is 0.102. The number of hydrogen-bond acceptors (Lipinski definition) is 3. The van der Waals surface area contributed by atoms with E-state index in [1.807, 2.05) is 0 Å². The number of aryl methyl sites for hydroxylation is 1. The van der Waals surface area contributed by atoms with Crippen molar-refractivity contribution >= 4 is 11.3 Å². The van der Waals surface area contributed by atoms with Gasteiger partial charge in [-0.1, -0.05) is 0 Å². The second-order valence-corrected chi connectivity index (χ2v) is 5.49. The highest BCUT2D eigenvalue weighted by Gasteiger charge is 2.32. The summed E-state index contributed by atoms with van der Waals surface area (Å²) in [7, 11) is 0. The van der Waals surface area contributed by atoms with Gasteiger partial charge in [-0.3, -0.25) is 5.32 Å². The Morgan fingerprint density at radius 2 is 2.31 bits per heavy atom. The van der Waals surface area contributed by atoms with E-state index in [2.05, 4.69) is 38.2 Å². The summed E-state index contributed by atoms with van der Waals surface area (Å²) < 4.78 is 5.67. The molecule has 2 nitrogen and oxygen atoms in total. The third-order valence-electron chi connectivity index (χ3n) is 2.15. The zero-order valence-corrected chi connectivity index (χ0v) is 9.07. The topological polar surface area (TPSA) is 21.3 Å². The van der Waals surface area contributed by atoms with Gasteiger partial charge in [0.15, 0.2) is 0 Å². The molecule has 2 rings (SSSR count). The van der Waals surface area contributed by atoms with Crippen LogP contribution in [0.25, 0.3) is 0 Å². The van der Waals surface area contributed by atoms with Crippen LogP contribution in [-0.2, 0) is 4.74 Å². The summed E-state index contributed by atoms with van der Waals surface area (Å²) in [5.41, 5.74) is 0.114. The summed E-state index contributed by atoms with van der Waals surface area (Å²) in [6, 6.07) is 4.27. The second-order valence-electron chi connectivity index (χ2n) is 4.17. The van der Waals surface area contributed by atoms with Crippen molar-refractivity contribution in [1.82, 2.24) is 5.32 Å². The molecule has 0 bridgehead atoms. The molecule has 72 valence electrons. The van der Waals surface area contributed by atoms with Crippen molar-refractivity contribution in [3.05, 3.63) is 21.9 Å². The van der Waals surface area contributed by atoms with E-state index in [0.717, 1.165) is 6.61 Å². The third-order valence-corrected chi connectivity index (χ3v) is 3.20. The molecule has 0 radical (unpaired) electrons. The van der Waals surface area contributed by atoms with E-state index in [0.29, 0.717) is 0 Å². The van der Waals surface area contributed by atoms with Crippen LogP contribution in [0.1, 0.15) is 29.8 Å². The Morgan fingerprint density at radius 3 is 2.77 bits per heavy atom. The lowest BCUT2D eigenvalue weighted by Crippen LogP contribution is -2.35. The van der Waals surface area contributed by atoms with Gasteiger partial charge in [-0.25, -0.2) is 0 Å². The highest BCUT2D eigenvalue weighted by molar-refractivity contribution is 7.12. The average molecular weight is 197 g/mol. The van der Waals surface area contributed by atoms with E-state index < -0.39 is 0 Å². The normalized spacial score (nSPS) is 26.5. The minimum atomic E-state index is 0.105. The number of rotatable bonds is 1. The van der Waals surface area contributed by atoms with Crippen molar-refractivity contribution in [2.45, 2.75) is 32.5 Å². The van der Waals surface area contributed by atoms with Crippen molar-refractivity contribution in [3.8, 4) is 0 Å². The van der Waals surface area contributed by atoms with Gasteiger partial charge >= 0.3 is 0 Å². The number of ether oxygens (including phenoxy) is 1. The molecule has 1 aliphatic rings. The molecule has 2 heterocycles. The van der Waals surface area contributed by atoms with Crippen LogP contribution in [0.5, 0.6) is 0 Å². The molecule has 1 N–H and O–H groups in total. The average Bonchev–Trinajstić information content (AvgIpc) is 2.56. The summed E-state index contributed by atoms with van der Waals surface area (Å²) >= 11 is 1.80. The van der Waals surface area contributed by atoms with Gasteiger partial charge in [0.1, 0.15) is 6.23 Å². The maximum absolute atomic E-state index is 5.67.